The summed E-state index contributed by atoms with van der Waals surface area (Å²) in [7, 11) is 0. The van der Waals surface area contributed by atoms with Crippen molar-refractivity contribution in [1.29, 1.82) is 0 Å². The molecule has 0 unspecified atom stereocenters. The molecule has 0 nitrogen and oxygen atoms in total. The van der Waals surface area contributed by atoms with Crippen molar-refractivity contribution in [3.8, 4) is 0 Å². The van der Waals surface area contributed by atoms with Gasteiger partial charge >= 0.3 is 0 Å². The molecule has 0 aliphatic carbocycles. The monoisotopic (exact) mass is 200 g/mol. The molecule has 1 aliphatic rings. The molecule has 0 fully saturated rings. The average Bonchev–Trinajstić information content (AvgIpc) is 2.24. The van der Waals surface area contributed by atoms with Crippen molar-refractivity contribution in [1.82, 2.24) is 0 Å². The molecule has 0 spiro atoms. The molecule has 0 saturated heterocycles. The number of aryl methyl sites for hydroxylation is 1. The quantitative estimate of drug-likeness (QED) is 0.621. The number of thioether (sulfide) groups is 1. The third-order valence-electron chi connectivity index (χ3n) is 2.98. The molecule has 2 aromatic rings. The molecule has 0 amide bonds. The first-order valence-corrected chi connectivity index (χ1v) is 6.09. The minimum atomic E-state index is 1.17. The fourth-order valence-electron chi connectivity index (χ4n) is 2.21. The second-order valence-electron chi connectivity index (χ2n) is 3.87. The SMILES string of the molecule is Cc1ccc2cccc3c2c1CSC3. The second-order valence-corrected chi connectivity index (χ2v) is 4.85. The van der Waals surface area contributed by atoms with Gasteiger partial charge in [-0.05, 0) is 34.4 Å². The van der Waals surface area contributed by atoms with Gasteiger partial charge in [0.25, 0.3) is 0 Å². The molecule has 0 radical (unpaired) electrons. The van der Waals surface area contributed by atoms with Gasteiger partial charge in [-0.3, -0.25) is 0 Å². The summed E-state index contributed by atoms with van der Waals surface area (Å²) in [5.74, 6) is 2.36. The Morgan fingerprint density at radius 2 is 2.00 bits per heavy atom. The first kappa shape index (κ1) is 8.37. The molecule has 2 aromatic carbocycles. The topological polar surface area (TPSA) is 0 Å². The summed E-state index contributed by atoms with van der Waals surface area (Å²) in [5.41, 5.74) is 4.50. The molecule has 1 heterocycles. The van der Waals surface area contributed by atoms with Crippen molar-refractivity contribution in [2.24, 2.45) is 0 Å². The van der Waals surface area contributed by atoms with Gasteiger partial charge in [-0.1, -0.05) is 30.3 Å². The van der Waals surface area contributed by atoms with Crippen LogP contribution in [0.4, 0.5) is 0 Å². The summed E-state index contributed by atoms with van der Waals surface area (Å²) in [5, 5.41) is 2.93. The molecule has 0 bridgehead atoms. The van der Waals surface area contributed by atoms with Gasteiger partial charge < -0.3 is 0 Å². The van der Waals surface area contributed by atoms with E-state index in [2.05, 4.69) is 37.3 Å². The standard InChI is InChI=1S/C13H12S/c1-9-5-6-10-3-2-4-11-7-14-8-12(9)13(10)11/h2-6H,7-8H2,1H3. The molecule has 14 heavy (non-hydrogen) atoms. The van der Waals surface area contributed by atoms with Crippen LogP contribution in [0.25, 0.3) is 10.8 Å². The van der Waals surface area contributed by atoms with E-state index in [0.717, 1.165) is 0 Å². The Hall–Kier alpha value is -0.950. The lowest BCUT2D eigenvalue weighted by Crippen LogP contribution is -1.98. The fraction of sp³-hybridized carbons (Fsp3) is 0.231. The third kappa shape index (κ3) is 1.09. The van der Waals surface area contributed by atoms with Crippen LogP contribution in [0.15, 0.2) is 30.3 Å². The van der Waals surface area contributed by atoms with E-state index >= 15 is 0 Å². The minimum absolute atomic E-state index is 1.17. The van der Waals surface area contributed by atoms with E-state index in [1.807, 2.05) is 11.8 Å². The van der Waals surface area contributed by atoms with Gasteiger partial charge in [-0.25, -0.2) is 0 Å². The predicted octanol–water partition coefficient (Wildman–Crippen LogP) is 3.90. The van der Waals surface area contributed by atoms with E-state index in [1.165, 1.54) is 33.4 Å². The van der Waals surface area contributed by atoms with E-state index in [9.17, 15) is 0 Å². The first-order valence-electron chi connectivity index (χ1n) is 4.94. The summed E-state index contributed by atoms with van der Waals surface area (Å²) in [6.07, 6.45) is 0. The zero-order valence-corrected chi connectivity index (χ0v) is 9.03. The van der Waals surface area contributed by atoms with Crippen LogP contribution in [0.3, 0.4) is 0 Å². The summed E-state index contributed by atoms with van der Waals surface area (Å²) < 4.78 is 0. The molecule has 0 N–H and O–H groups in total. The molecule has 0 saturated carbocycles. The van der Waals surface area contributed by atoms with Crippen LogP contribution in [0.5, 0.6) is 0 Å². The molecule has 0 aromatic heterocycles. The summed E-state index contributed by atoms with van der Waals surface area (Å²) in [4.78, 5) is 0. The number of benzene rings is 2. The second kappa shape index (κ2) is 3.03. The van der Waals surface area contributed by atoms with Gasteiger partial charge in [0, 0.05) is 11.5 Å². The minimum Gasteiger partial charge on any atom is -0.152 e. The Morgan fingerprint density at radius 1 is 1.07 bits per heavy atom. The van der Waals surface area contributed by atoms with Gasteiger partial charge in [-0.2, -0.15) is 11.8 Å². The van der Waals surface area contributed by atoms with Gasteiger partial charge in [0.1, 0.15) is 0 Å². The maximum absolute atomic E-state index is 2.26. The van der Waals surface area contributed by atoms with Gasteiger partial charge in [0.2, 0.25) is 0 Å². The zero-order chi connectivity index (χ0) is 9.54. The Kier molecular flexibility index (Phi) is 1.81. The predicted molar refractivity (Wildman–Crippen MR) is 63.7 cm³/mol. The van der Waals surface area contributed by atoms with Crippen molar-refractivity contribution in [2.75, 3.05) is 0 Å². The van der Waals surface area contributed by atoms with E-state index in [1.54, 1.807) is 5.56 Å². The van der Waals surface area contributed by atoms with Crippen molar-refractivity contribution >= 4 is 22.5 Å². The average molecular weight is 200 g/mol. The van der Waals surface area contributed by atoms with Gasteiger partial charge in [0.05, 0.1) is 0 Å². The molecular weight excluding hydrogens is 188 g/mol. The Balaban J connectivity index is 2.50. The van der Waals surface area contributed by atoms with E-state index in [0.29, 0.717) is 0 Å². The maximum atomic E-state index is 2.26. The van der Waals surface area contributed by atoms with Crippen LogP contribution in [0, 0.1) is 6.92 Å². The van der Waals surface area contributed by atoms with Crippen LogP contribution >= 0.6 is 11.8 Å². The van der Waals surface area contributed by atoms with Crippen molar-refractivity contribution < 1.29 is 0 Å². The highest BCUT2D eigenvalue weighted by molar-refractivity contribution is 7.97. The lowest BCUT2D eigenvalue weighted by atomic mass is 9.97. The lowest BCUT2D eigenvalue weighted by Gasteiger charge is -2.18. The summed E-state index contributed by atoms with van der Waals surface area (Å²) in [6, 6.07) is 11.1. The van der Waals surface area contributed by atoms with E-state index in [4.69, 9.17) is 0 Å². The van der Waals surface area contributed by atoms with E-state index < -0.39 is 0 Å². The van der Waals surface area contributed by atoms with Gasteiger partial charge in [-0.15, -0.1) is 0 Å². The van der Waals surface area contributed by atoms with Crippen LogP contribution in [-0.4, -0.2) is 0 Å². The van der Waals surface area contributed by atoms with Gasteiger partial charge in [0.15, 0.2) is 0 Å². The van der Waals surface area contributed by atoms with Crippen molar-refractivity contribution in [3.63, 3.8) is 0 Å². The third-order valence-corrected chi connectivity index (χ3v) is 3.99. The summed E-state index contributed by atoms with van der Waals surface area (Å²) >= 11 is 2.02. The van der Waals surface area contributed by atoms with E-state index in [-0.39, 0.29) is 0 Å². The summed E-state index contributed by atoms with van der Waals surface area (Å²) in [6.45, 7) is 2.22. The molecule has 70 valence electrons. The number of rotatable bonds is 0. The lowest BCUT2D eigenvalue weighted by molar-refractivity contribution is 1.29. The largest absolute Gasteiger partial charge is 0.152 e. The number of hydrogen-bond acceptors (Lipinski definition) is 1. The van der Waals surface area contributed by atoms with Crippen LogP contribution in [-0.2, 0) is 11.5 Å². The molecule has 3 rings (SSSR count). The molecule has 0 atom stereocenters. The smallest absolute Gasteiger partial charge is 0.0196 e. The van der Waals surface area contributed by atoms with Crippen LogP contribution in [0.2, 0.25) is 0 Å². The fourth-order valence-corrected chi connectivity index (χ4v) is 3.35. The highest BCUT2D eigenvalue weighted by Crippen LogP contribution is 2.35. The Bertz CT molecular complexity index is 500. The van der Waals surface area contributed by atoms with Crippen molar-refractivity contribution in [2.45, 2.75) is 18.4 Å². The number of hydrogen-bond donors (Lipinski definition) is 0. The zero-order valence-electron chi connectivity index (χ0n) is 8.21. The highest BCUT2D eigenvalue weighted by atomic mass is 32.2. The molecular formula is C13H12S. The molecule has 1 aliphatic heterocycles. The maximum Gasteiger partial charge on any atom is 0.0196 e. The van der Waals surface area contributed by atoms with Crippen LogP contribution < -0.4 is 0 Å². The first-order chi connectivity index (χ1) is 6.86. The Morgan fingerprint density at radius 3 is 2.93 bits per heavy atom. The van der Waals surface area contributed by atoms with Crippen LogP contribution in [0.1, 0.15) is 16.7 Å². The normalized spacial score (nSPS) is 14.6. The molecule has 1 heteroatoms. The highest BCUT2D eigenvalue weighted by Gasteiger charge is 2.13. The Labute approximate surface area is 88.3 Å². The van der Waals surface area contributed by atoms with Crippen molar-refractivity contribution in [3.05, 3.63) is 47.0 Å².